The fraction of sp³-hybridized carbons (Fsp3) is 0.333. The third-order valence-electron chi connectivity index (χ3n) is 2.05. The molecule has 2 rings (SSSR count). The summed E-state index contributed by atoms with van der Waals surface area (Å²) in [5.41, 5.74) is -0.248. The van der Waals surface area contributed by atoms with E-state index in [4.69, 9.17) is 4.52 Å². The number of hydrogen-bond donors (Lipinski definition) is 0. The first kappa shape index (κ1) is 12.4. The maximum absolute atomic E-state index is 11.8. The minimum absolute atomic E-state index is 0.189. The lowest BCUT2D eigenvalue weighted by Gasteiger charge is -2.01. The molecule has 2 aromatic rings. The van der Waals surface area contributed by atoms with Gasteiger partial charge in [-0.15, -0.1) is 0 Å². The molecule has 0 aromatic carbocycles. The first-order valence-electron chi connectivity index (χ1n) is 4.84. The van der Waals surface area contributed by atoms with Gasteiger partial charge >= 0.3 is 0 Å². The summed E-state index contributed by atoms with van der Waals surface area (Å²) >= 11 is 6.39. The van der Waals surface area contributed by atoms with Gasteiger partial charge in [-0.25, -0.2) is 4.68 Å². The van der Waals surface area contributed by atoms with Gasteiger partial charge < -0.3 is 4.52 Å². The van der Waals surface area contributed by atoms with Crippen molar-refractivity contribution >= 4 is 31.9 Å². The molecule has 0 aliphatic carbocycles. The van der Waals surface area contributed by atoms with E-state index in [1.165, 1.54) is 10.9 Å². The van der Waals surface area contributed by atoms with Gasteiger partial charge in [-0.05, 0) is 31.9 Å². The average Bonchev–Trinajstić information content (AvgIpc) is 2.78. The van der Waals surface area contributed by atoms with Crippen LogP contribution in [0.3, 0.4) is 0 Å². The Balaban J connectivity index is 2.30. The molecule has 0 N–H and O–H groups in total. The summed E-state index contributed by atoms with van der Waals surface area (Å²) in [6.45, 7) is 2.10. The van der Waals surface area contributed by atoms with Gasteiger partial charge in [0.25, 0.3) is 5.56 Å². The normalized spacial score (nSPS) is 10.8. The molecule has 0 spiro atoms. The Labute approximate surface area is 113 Å². The van der Waals surface area contributed by atoms with E-state index in [-0.39, 0.29) is 12.1 Å². The summed E-state index contributed by atoms with van der Waals surface area (Å²) < 4.78 is 7.25. The van der Waals surface area contributed by atoms with Crippen LogP contribution in [0.25, 0.3) is 0 Å². The minimum atomic E-state index is -0.248. The molecule has 0 radical (unpaired) electrons. The molecule has 2 aromatic heterocycles. The Morgan fingerprint density at radius 3 is 2.88 bits per heavy atom. The number of nitrogens with zero attached hydrogens (tertiary/aromatic N) is 4. The second-order valence-corrected chi connectivity index (χ2v) is 4.87. The number of aromatic nitrogens is 4. The van der Waals surface area contributed by atoms with Crippen LogP contribution in [-0.2, 0) is 13.0 Å². The Bertz CT molecular complexity index is 593. The van der Waals surface area contributed by atoms with Crippen molar-refractivity contribution in [3.63, 3.8) is 0 Å². The highest BCUT2D eigenvalue weighted by Gasteiger charge is 2.10. The molecule has 2 heterocycles. The molecule has 0 bridgehead atoms. The lowest BCUT2D eigenvalue weighted by Crippen LogP contribution is -2.24. The molecule has 0 amide bonds. The zero-order valence-electron chi connectivity index (χ0n) is 8.85. The smallest absolute Gasteiger partial charge is 0.282 e. The summed E-state index contributed by atoms with van der Waals surface area (Å²) in [5.74, 6) is 0.981. The van der Waals surface area contributed by atoms with Crippen molar-refractivity contribution in [3.8, 4) is 0 Å². The zero-order chi connectivity index (χ0) is 12.4. The predicted octanol–water partition coefficient (Wildman–Crippen LogP) is 1.76. The third-order valence-corrected chi connectivity index (χ3v) is 3.95. The molecular weight excluding hydrogens is 356 g/mol. The van der Waals surface area contributed by atoms with E-state index in [2.05, 4.69) is 47.1 Å². The van der Waals surface area contributed by atoms with Crippen molar-refractivity contribution in [2.45, 2.75) is 19.9 Å². The summed E-state index contributed by atoms with van der Waals surface area (Å²) in [6.07, 6.45) is 2.20. The molecule has 0 fully saturated rings. The highest BCUT2D eigenvalue weighted by atomic mass is 79.9. The average molecular weight is 364 g/mol. The number of hydrogen-bond acceptors (Lipinski definition) is 5. The van der Waals surface area contributed by atoms with Crippen molar-refractivity contribution in [2.75, 3.05) is 0 Å². The van der Waals surface area contributed by atoms with Crippen molar-refractivity contribution in [1.82, 2.24) is 19.9 Å². The van der Waals surface area contributed by atoms with E-state index in [9.17, 15) is 4.79 Å². The van der Waals surface area contributed by atoms with E-state index in [1.807, 2.05) is 6.92 Å². The molecule has 0 aliphatic heterocycles. The van der Waals surface area contributed by atoms with Gasteiger partial charge in [0.15, 0.2) is 5.82 Å². The lowest BCUT2D eigenvalue weighted by molar-refractivity contribution is 0.374. The molecule has 0 saturated heterocycles. The summed E-state index contributed by atoms with van der Waals surface area (Å²) in [7, 11) is 0. The molecular formula is C9H8Br2N4O2. The third kappa shape index (κ3) is 2.63. The van der Waals surface area contributed by atoms with Crippen LogP contribution in [0.4, 0.5) is 0 Å². The fourth-order valence-corrected chi connectivity index (χ4v) is 1.76. The molecule has 8 heteroatoms. The highest BCUT2D eigenvalue weighted by Crippen LogP contribution is 2.16. The van der Waals surface area contributed by atoms with Gasteiger partial charge in [0.05, 0.1) is 10.7 Å². The van der Waals surface area contributed by atoms with Crippen LogP contribution < -0.4 is 5.56 Å². The lowest BCUT2D eigenvalue weighted by atomic mass is 10.5. The van der Waals surface area contributed by atoms with Crippen LogP contribution in [0, 0.1) is 0 Å². The summed E-state index contributed by atoms with van der Waals surface area (Å²) in [5, 5.41) is 7.74. The molecule has 0 saturated carbocycles. The van der Waals surface area contributed by atoms with Crippen LogP contribution in [0.1, 0.15) is 18.6 Å². The fourth-order valence-electron chi connectivity index (χ4n) is 1.19. The first-order valence-corrected chi connectivity index (χ1v) is 6.43. The van der Waals surface area contributed by atoms with Gasteiger partial charge in [0, 0.05) is 6.42 Å². The van der Waals surface area contributed by atoms with Crippen LogP contribution in [0.2, 0.25) is 0 Å². The Morgan fingerprint density at radius 2 is 2.24 bits per heavy atom. The van der Waals surface area contributed by atoms with Crippen LogP contribution >= 0.6 is 31.9 Å². The van der Waals surface area contributed by atoms with Gasteiger partial charge in [0.1, 0.15) is 11.0 Å². The minimum Gasteiger partial charge on any atom is -0.339 e. The highest BCUT2D eigenvalue weighted by molar-refractivity contribution is 9.13. The van der Waals surface area contributed by atoms with Gasteiger partial charge in [-0.2, -0.15) is 10.1 Å². The topological polar surface area (TPSA) is 73.8 Å². The van der Waals surface area contributed by atoms with E-state index in [1.54, 1.807) is 0 Å². The van der Waals surface area contributed by atoms with E-state index < -0.39 is 0 Å². The summed E-state index contributed by atoms with van der Waals surface area (Å²) in [4.78, 5) is 15.9. The first-order chi connectivity index (χ1) is 8.11. The summed E-state index contributed by atoms with van der Waals surface area (Å²) in [6, 6.07) is 0. The van der Waals surface area contributed by atoms with E-state index in [0.717, 1.165) is 0 Å². The zero-order valence-corrected chi connectivity index (χ0v) is 12.0. The Morgan fingerprint density at radius 1 is 1.47 bits per heavy atom. The van der Waals surface area contributed by atoms with Crippen LogP contribution in [-0.4, -0.2) is 19.9 Å². The second kappa shape index (κ2) is 5.09. The largest absolute Gasteiger partial charge is 0.339 e. The Kier molecular flexibility index (Phi) is 3.72. The SMILES string of the molecule is CCc1nc(Cn2ncc(Br)c(Br)c2=O)no1. The molecule has 0 unspecified atom stereocenters. The maximum atomic E-state index is 11.8. The second-order valence-electron chi connectivity index (χ2n) is 3.23. The number of rotatable bonds is 3. The molecule has 0 aliphatic rings. The van der Waals surface area contributed by atoms with Gasteiger partial charge in [0.2, 0.25) is 5.89 Å². The maximum Gasteiger partial charge on any atom is 0.282 e. The van der Waals surface area contributed by atoms with Crippen LogP contribution in [0.15, 0.2) is 24.5 Å². The van der Waals surface area contributed by atoms with E-state index in [0.29, 0.717) is 27.1 Å². The van der Waals surface area contributed by atoms with Crippen LogP contribution in [0.5, 0.6) is 0 Å². The van der Waals surface area contributed by atoms with Crippen molar-refractivity contribution in [2.24, 2.45) is 0 Å². The molecule has 0 atom stereocenters. The quantitative estimate of drug-likeness (QED) is 0.830. The molecule has 17 heavy (non-hydrogen) atoms. The van der Waals surface area contributed by atoms with Crippen molar-refractivity contribution < 1.29 is 4.52 Å². The molecule has 6 nitrogen and oxygen atoms in total. The Hall–Kier alpha value is -1.02. The van der Waals surface area contributed by atoms with E-state index >= 15 is 0 Å². The standard InChI is InChI=1S/C9H8Br2N4O2/c1-2-7-13-6(14-17-7)4-15-9(16)8(11)5(10)3-12-15/h3H,2,4H2,1H3. The molecule has 90 valence electrons. The predicted molar refractivity (Wildman–Crippen MR) is 66.7 cm³/mol. The monoisotopic (exact) mass is 362 g/mol. The number of halogens is 2. The number of aryl methyl sites for hydroxylation is 1. The van der Waals surface area contributed by atoms with Crippen molar-refractivity contribution in [3.05, 3.63) is 37.2 Å². The van der Waals surface area contributed by atoms with Gasteiger partial charge in [-0.1, -0.05) is 12.1 Å². The van der Waals surface area contributed by atoms with Crippen molar-refractivity contribution in [1.29, 1.82) is 0 Å². The van der Waals surface area contributed by atoms with Gasteiger partial charge in [-0.3, -0.25) is 4.79 Å².